The van der Waals surface area contributed by atoms with Gasteiger partial charge in [0.05, 0.1) is 16.0 Å². The number of anilines is 1. The molecule has 0 radical (unpaired) electrons. The zero-order valence-corrected chi connectivity index (χ0v) is 18.1. The van der Waals surface area contributed by atoms with Crippen molar-refractivity contribution in [1.82, 2.24) is 4.90 Å². The van der Waals surface area contributed by atoms with Gasteiger partial charge in [-0.15, -0.1) is 0 Å². The third-order valence-electron chi connectivity index (χ3n) is 4.60. The first-order chi connectivity index (χ1) is 13.1. The van der Waals surface area contributed by atoms with E-state index < -0.39 is 0 Å². The number of nitrogens with one attached hydrogen (secondary N) is 1. The van der Waals surface area contributed by atoms with Crippen molar-refractivity contribution in [2.24, 2.45) is 0 Å². The van der Waals surface area contributed by atoms with E-state index in [-0.39, 0.29) is 0 Å². The minimum Gasteiger partial charge on any atom is -0.488 e. The van der Waals surface area contributed by atoms with E-state index >= 15 is 0 Å². The fourth-order valence-corrected chi connectivity index (χ4v) is 5.00. The SMILES string of the molecule is CCCOc1c(OC=O)sc(-c2cccc(NC3CCN(C)CC3)c2)c1Br. The van der Waals surface area contributed by atoms with E-state index in [0.29, 0.717) is 29.9 Å². The smallest absolute Gasteiger partial charge is 0.299 e. The molecule has 0 amide bonds. The van der Waals surface area contributed by atoms with Crippen molar-refractivity contribution < 1.29 is 14.3 Å². The Balaban J connectivity index is 1.82. The summed E-state index contributed by atoms with van der Waals surface area (Å²) >= 11 is 5.04. The molecule has 1 aromatic heterocycles. The van der Waals surface area contributed by atoms with E-state index in [0.717, 1.165) is 53.0 Å². The highest BCUT2D eigenvalue weighted by Crippen LogP contribution is 2.50. The second-order valence-electron chi connectivity index (χ2n) is 6.73. The van der Waals surface area contributed by atoms with Crippen LogP contribution in [0.1, 0.15) is 26.2 Å². The molecule has 0 aliphatic carbocycles. The highest BCUT2D eigenvalue weighted by atomic mass is 79.9. The molecule has 7 heteroatoms. The van der Waals surface area contributed by atoms with E-state index in [9.17, 15) is 4.79 Å². The highest BCUT2D eigenvalue weighted by molar-refractivity contribution is 9.10. The summed E-state index contributed by atoms with van der Waals surface area (Å²) in [6.07, 6.45) is 3.18. The first kappa shape index (κ1) is 20.2. The molecule has 2 heterocycles. The van der Waals surface area contributed by atoms with Gasteiger partial charge in [-0.05, 0) is 73.0 Å². The topological polar surface area (TPSA) is 50.8 Å². The van der Waals surface area contributed by atoms with Crippen LogP contribution in [0.3, 0.4) is 0 Å². The lowest BCUT2D eigenvalue weighted by atomic mass is 10.0. The fraction of sp³-hybridized carbons (Fsp3) is 0.450. The molecule has 0 bridgehead atoms. The predicted octanol–water partition coefficient (Wildman–Crippen LogP) is 5.01. The number of hydrogen-bond donors (Lipinski definition) is 1. The zero-order valence-electron chi connectivity index (χ0n) is 15.7. The summed E-state index contributed by atoms with van der Waals surface area (Å²) in [6.45, 7) is 5.30. The normalized spacial score (nSPS) is 15.5. The van der Waals surface area contributed by atoms with Gasteiger partial charge in [0.2, 0.25) is 5.06 Å². The van der Waals surface area contributed by atoms with Crippen molar-refractivity contribution in [3.8, 4) is 21.3 Å². The number of likely N-dealkylation sites (tertiary alicyclic amines) is 1. The van der Waals surface area contributed by atoms with Crippen molar-refractivity contribution in [2.75, 3.05) is 32.1 Å². The number of piperidine rings is 1. The molecule has 146 valence electrons. The number of rotatable bonds is 8. The molecule has 0 atom stereocenters. The van der Waals surface area contributed by atoms with Gasteiger partial charge >= 0.3 is 0 Å². The van der Waals surface area contributed by atoms with E-state index in [1.165, 1.54) is 11.3 Å². The Morgan fingerprint density at radius 3 is 2.85 bits per heavy atom. The summed E-state index contributed by atoms with van der Waals surface area (Å²) in [7, 11) is 2.17. The molecule has 0 spiro atoms. The van der Waals surface area contributed by atoms with Gasteiger partial charge in [0.1, 0.15) is 0 Å². The lowest BCUT2D eigenvalue weighted by molar-refractivity contribution is -0.120. The van der Waals surface area contributed by atoms with Crippen molar-refractivity contribution in [2.45, 2.75) is 32.2 Å². The average molecular weight is 453 g/mol. The molecule has 1 saturated heterocycles. The van der Waals surface area contributed by atoms with Gasteiger partial charge in [0.15, 0.2) is 5.75 Å². The van der Waals surface area contributed by atoms with E-state index in [1.54, 1.807) is 0 Å². The van der Waals surface area contributed by atoms with Crippen molar-refractivity contribution in [1.29, 1.82) is 0 Å². The number of carbonyl (C=O) groups is 1. The van der Waals surface area contributed by atoms with Gasteiger partial charge in [0.25, 0.3) is 6.47 Å². The molecule has 2 aromatic rings. The second-order valence-corrected chi connectivity index (χ2v) is 8.50. The van der Waals surface area contributed by atoms with Crippen LogP contribution in [0.25, 0.3) is 10.4 Å². The molecule has 0 unspecified atom stereocenters. The predicted molar refractivity (Wildman–Crippen MR) is 114 cm³/mol. The molecule has 1 aliphatic rings. The number of nitrogens with zero attached hydrogens (tertiary/aromatic N) is 1. The highest BCUT2D eigenvalue weighted by Gasteiger charge is 2.21. The maximum Gasteiger partial charge on any atom is 0.299 e. The molecule has 1 aromatic carbocycles. The zero-order chi connectivity index (χ0) is 19.2. The summed E-state index contributed by atoms with van der Waals surface area (Å²) in [5, 5.41) is 4.14. The third-order valence-corrected chi connectivity index (χ3v) is 6.73. The van der Waals surface area contributed by atoms with Crippen molar-refractivity contribution >= 4 is 39.4 Å². The Kier molecular flexibility index (Phi) is 7.15. The summed E-state index contributed by atoms with van der Waals surface area (Å²) in [6, 6.07) is 8.85. The number of hydrogen-bond acceptors (Lipinski definition) is 6. The molecule has 27 heavy (non-hydrogen) atoms. The molecule has 0 saturated carbocycles. The molecule has 5 nitrogen and oxygen atoms in total. The molecule has 3 rings (SSSR count). The summed E-state index contributed by atoms with van der Waals surface area (Å²) in [5.74, 6) is 0.595. The van der Waals surface area contributed by atoms with Crippen LogP contribution < -0.4 is 14.8 Å². The number of thiophene rings is 1. The minimum absolute atomic E-state index is 0.443. The molecule has 1 N–H and O–H groups in total. The number of ether oxygens (including phenoxy) is 2. The van der Waals surface area contributed by atoms with Gasteiger partial charge in [-0.3, -0.25) is 4.79 Å². The van der Waals surface area contributed by atoms with Crippen molar-refractivity contribution in [3.05, 3.63) is 28.7 Å². The first-order valence-electron chi connectivity index (χ1n) is 9.23. The van der Waals surface area contributed by atoms with Gasteiger partial charge in [-0.25, -0.2) is 0 Å². The maximum absolute atomic E-state index is 10.9. The minimum atomic E-state index is 0.443. The van der Waals surface area contributed by atoms with Gasteiger partial charge in [-0.1, -0.05) is 30.4 Å². The average Bonchev–Trinajstić information content (AvgIpc) is 2.98. The Bertz CT molecular complexity index is 773. The molecule has 1 fully saturated rings. The Morgan fingerprint density at radius 1 is 1.37 bits per heavy atom. The first-order valence-corrected chi connectivity index (χ1v) is 10.8. The number of halogens is 1. The Morgan fingerprint density at radius 2 is 2.15 bits per heavy atom. The van der Waals surface area contributed by atoms with Gasteiger partial charge < -0.3 is 19.7 Å². The second kappa shape index (κ2) is 9.57. The maximum atomic E-state index is 10.9. The summed E-state index contributed by atoms with van der Waals surface area (Å²) in [4.78, 5) is 14.2. The van der Waals surface area contributed by atoms with E-state index in [4.69, 9.17) is 9.47 Å². The Hall–Kier alpha value is -1.57. The Labute approximate surface area is 172 Å². The van der Waals surface area contributed by atoms with Crippen molar-refractivity contribution in [3.63, 3.8) is 0 Å². The fourth-order valence-electron chi connectivity index (χ4n) is 3.15. The van der Waals surface area contributed by atoms with Crippen LogP contribution in [-0.2, 0) is 4.79 Å². The molecular formula is C20H25BrN2O3S. The van der Waals surface area contributed by atoms with E-state index in [1.807, 2.05) is 13.0 Å². The van der Waals surface area contributed by atoms with Gasteiger partial charge in [-0.2, -0.15) is 0 Å². The van der Waals surface area contributed by atoms with Crippen LogP contribution in [0, 0.1) is 0 Å². The van der Waals surface area contributed by atoms with Crippen LogP contribution in [0.5, 0.6) is 10.8 Å². The van der Waals surface area contributed by atoms with Crippen LogP contribution in [0.15, 0.2) is 28.7 Å². The lowest BCUT2D eigenvalue weighted by Crippen LogP contribution is -2.36. The lowest BCUT2D eigenvalue weighted by Gasteiger charge is -2.30. The van der Waals surface area contributed by atoms with Crippen LogP contribution in [0.4, 0.5) is 5.69 Å². The summed E-state index contributed by atoms with van der Waals surface area (Å²) in [5.41, 5.74) is 2.17. The molecule has 1 aliphatic heterocycles. The standard InChI is InChI=1S/C20H25BrN2O3S/c1-3-11-25-18-17(21)19(27-20(18)26-13-24)14-5-4-6-16(12-14)22-15-7-9-23(2)10-8-15/h4-6,12-13,15,22H,3,7-11H2,1-2H3. The van der Waals surface area contributed by atoms with E-state index in [2.05, 4.69) is 51.4 Å². The quantitative estimate of drug-likeness (QED) is 0.570. The monoisotopic (exact) mass is 452 g/mol. The summed E-state index contributed by atoms with van der Waals surface area (Å²) < 4.78 is 11.8. The number of carbonyl (C=O) groups excluding carboxylic acids is 1. The molecular weight excluding hydrogens is 428 g/mol. The van der Waals surface area contributed by atoms with Crippen LogP contribution in [-0.4, -0.2) is 44.2 Å². The van der Waals surface area contributed by atoms with Crippen LogP contribution >= 0.6 is 27.3 Å². The largest absolute Gasteiger partial charge is 0.488 e. The number of benzene rings is 1. The van der Waals surface area contributed by atoms with Crippen LogP contribution in [0.2, 0.25) is 0 Å². The third kappa shape index (κ3) is 5.03. The van der Waals surface area contributed by atoms with Gasteiger partial charge in [0, 0.05) is 11.7 Å².